The van der Waals surface area contributed by atoms with Crippen LogP contribution in [0.15, 0.2) is 12.1 Å². The molecule has 5 heteroatoms. The summed E-state index contributed by atoms with van der Waals surface area (Å²) in [5, 5.41) is 0. The summed E-state index contributed by atoms with van der Waals surface area (Å²) in [6.07, 6.45) is 0.488. The van der Waals surface area contributed by atoms with Crippen molar-refractivity contribution in [1.29, 1.82) is 0 Å². The molecule has 0 radical (unpaired) electrons. The van der Waals surface area contributed by atoms with Crippen molar-refractivity contribution in [3.63, 3.8) is 0 Å². The van der Waals surface area contributed by atoms with Gasteiger partial charge in [-0.25, -0.2) is 4.39 Å². The number of carbonyl (C=O) groups excluding carboxylic acids is 1. The molecule has 4 nitrogen and oxygen atoms in total. The summed E-state index contributed by atoms with van der Waals surface area (Å²) in [7, 11) is 0. The fourth-order valence-corrected chi connectivity index (χ4v) is 1.91. The standard InChI is InChI=1S/C11H13FN2O2/c12-4-6-1-2-8(11(14)15)9-3-7(13)5-16-10(6)9/h1-2,7H,3-5,13H2,(H2,14,15). The molecule has 16 heavy (non-hydrogen) atoms. The monoisotopic (exact) mass is 224 g/mol. The van der Waals surface area contributed by atoms with E-state index < -0.39 is 12.6 Å². The van der Waals surface area contributed by atoms with E-state index in [-0.39, 0.29) is 6.04 Å². The molecule has 0 aliphatic carbocycles. The molecule has 1 amide bonds. The summed E-state index contributed by atoms with van der Waals surface area (Å²) in [6.45, 7) is -0.293. The van der Waals surface area contributed by atoms with Crippen molar-refractivity contribution in [3.8, 4) is 5.75 Å². The van der Waals surface area contributed by atoms with E-state index in [2.05, 4.69) is 0 Å². The first-order valence-electron chi connectivity index (χ1n) is 5.02. The number of hydrogen-bond donors (Lipinski definition) is 2. The molecule has 1 unspecified atom stereocenters. The molecule has 2 rings (SSSR count). The molecule has 0 aromatic heterocycles. The highest BCUT2D eigenvalue weighted by atomic mass is 19.1. The first kappa shape index (κ1) is 10.9. The fraction of sp³-hybridized carbons (Fsp3) is 0.364. The predicted octanol–water partition coefficient (Wildman–Crippen LogP) is 0.517. The van der Waals surface area contributed by atoms with Crippen molar-refractivity contribution in [2.24, 2.45) is 11.5 Å². The van der Waals surface area contributed by atoms with Gasteiger partial charge in [-0.1, -0.05) is 6.07 Å². The second kappa shape index (κ2) is 4.09. The quantitative estimate of drug-likeness (QED) is 0.768. The number of rotatable bonds is 2. The molecule has 1 atom stereocenters. The number of carbonyl (C=O) groups is 1. The molecule has 4 N–H and O–H groups in total. The molecule has 1 aromatic carbocycles. The van der Waals surface area contributed by atoms with Crippen molar-refractivity contribution >= 4 is 5.91 Å². The van der Waals surface area contributed by atoms with Crippen LogP contribution in [0, 0.1) is 0 Å². The van der Waals surface area contributed by atoms with Crippen LogP contribution < -0.4 is 16.2 Å². The van der Waals surface area contributed by atoms with Gasteiger partial charge in [-0.15, -0.1) is 0 Å². The molecule has 0 saturated carbocycles. The number of amides is 1. The van der Waals surface area contributed by atoms with Crippen LogP contribution in [0.3, 0.4) is 0 Å². The maximum atomic E-state index is 12.7. The van der Waals surface area contributed by atoms with Crippen molar-refractivity contribution < 1.29 is 13.9 Å². The normalized spacial score (nSPS) is 18.8. The highest BCUT2D eigenvalue weighted by Crippen LogP contribution is 2.32. The Bertz CT molecular complexity index is 434. The summed E-state index contributed by atoms with van der Waals surface area (Å²) in [6, 6.07) is 2.87. The Kier molecular flexibility index (Phi) is 2.78. The van der Waals surface area contributed by atoms with Crippen molar-refractivity contribution in [2.45, 2.75) is 19.1 Å². The average Bonchev–Trinajstić information content (AvgIpc) is 2.26. The average molecular weight is 224 g/mol. The number of alkyl halides is 1. The molecule has 1 aliphatic heterocycles. The lowest BCUT2D eigenvalue weighted by Gasteiger charge is -2.25. The molecule has 0 bridgehead atoms. The summed E-state index contributed by atoms with van der Waals surface area (Å²) in [4.78, 5) is 11.2. The number of hydrogen-bond acceptors (Lipinski definition) is 3. The number of halogens is 1. The van der Waals surface area contributed by atoms with E-state index in [0.717, 1.165) is 0 Å². The zero-order chi connectivity index (χ0) is 11.7. The highest BCUT2D eigenvalue weighted by molar-refractivity contribution is 5.95. The van der Waals surface area contributed by atoms with E-state index in [4.69, 9.17) is 16.2 Å². The van der Waals surface area contributed by atoms with Gasteiger partial charge in [0, 0.05) is 22.7 Å². The number of ether oxygens (including phenoxy) is 1. The Balaban J connectivity index is 2.56. The Morgan fingerprint density at radius 3 is 2.94 bits per heavy atom. The van der Waals surface area contributed by atoms with Gasteiger partial charge in [0.1, 0.15) is 19.0 Å². The summed E-state index contributed by atoms with van der Waals surface area (Å²) < 4.78 is 18.1. The molecule has 1 aliphatic rings. The SMILES string of the molecule is NC(=O)c1ccc(CF)c2c1CC(N)CO2. The summed E-state index contributed by atoms with van der Waals surface area (Å²) in [5.41, 5.74) is 12.4. The number of fused-ring (bicyclic) bond motifs is 1. The zero-order valence-corrected chi connectivity index (χ0v) is 8.70. The zero-order valence-electron chi connectivity index (χ0n) is 8.70. The van der Waals surface area contributed by atoms with Crippen LogP contribution in [0.4, 0.5) is 4.39 Å². The summed E-state index contributed by atoms with van der Waals surface area (Å²) >= 11 is 0. The molecule has 0 saturated heterocycles. The second-order valence-electron chi connectivity index (χ2n) is 3.85. The van der Waals surface area contributed by atoms with E-state index in [9.17, 15) is 9.18 Å². The van der Waals surface area contributed by atoms with Gasteiger partial charge in [0.2, 0.25) is 5.91 Å². The van der Waals surface area contributed by atoms with Gasteiger partial charge in [0.15, 0.2) is 0 Å². The van der Waals surface area contributed by atoms with Crippen LogP contribution >= 0.6 is 0 Å². The predicted molar refractivity (Wildman–Crippen MR) is 56.9 cm³/mol. The van der Waals surface area contributed by atoms with Crippen molar-refractivity contribution in [2.75, 3.05) is 6.61 Å². The van der Waals surface area contributed by atoms with E-state index in [1.54, 1.807) is 0 Å². The minimum Gasteiger partial charge on any atom is -0.491 e. The largest absolute Gasteiger partial charge is 0.491 e. The molecule has 0 fully saturated rings. The van der Waals surface area contributed by atoms with Crippen LogP contribution in [0.1, 0.15) is 21.5 Å². The fourth-order valence-electron chi connectivity index (χ4n) is 1.91. The van der Waals surface area contributed by atoms with Gasteiger partial charge < -0.3 is 16.2 Å². The van der Waals surface area contributed by atoms with Gasteiger partial charge in [-0.3, -0.25) is 4.79 Å². The van der Waals surface area contributed by atoms with Crippen LogP contribution in [-0.2, 0) is 13.1 Å². The molecular weight excluding hydrogens is 211 g/mol. The maximum absolute atomic E-state index is 12.7. The van der Waals surface area contributed by atoms with Crippen molar-refractivity contribution in [1.82, 2.24) is 0 Å². The minimum absolute atomic E-state index is 0.180. The van der Waals surface area contributed by atoms with Gasteiger partial charge >= 0.3 is 0 Å². The van der Waals surface area contributed by atoms with Gasteiger partial charge in [-0.2, -0.15) is 0 Å². The third kappa shape index (κ3) is 1.74. The number of nitrogens with two attached hydrogens (primary N) is 2. The Morgan fingerprint density at radius 2 is 2.31 bits per heavy atom. The van der Waals surface area contributed by atoms with Gasteiger partial charge in [-0.05, 0) is 12.5 Å². The minimum atomic E-state index is -0.628. The molecule has 0 spiro atoms. The van der Waals surface area contributed by atoms with E-state index >= 15 is 0 Å². The number of benzene rings is 1. The molecular formula is C11H13FN2O2. The van der Waals surface area contributed by atoms with Crippen LogP contribution in [0.5, 0.6) is 5.75 Å². The Morgan fingerprint density at radius 1 is 1.56 bits per heavy atom. The highest BCUT2D eigenvalue weighted by Gasteiger charge is 2.24. The van der Waals surface area contributed by atoms with E-state index in [1.165, 1.54) is 12.1 Å². The van der Waals surface area contributed by atoms with E-state index in [1.807, 2.05) is 0 Å². The molecule has 1 heterocycles. The molecule has 1 aromatic rings. The molecule has 86 valence electrons. The maximum Gasteiger partial charge on any atom is 0.249 e. The lowest BCUT2D eigenvalue weighted by Crippen LogP contribution is -2.35. The second-order valence-corrected chi connectivity index (χ2v) is 3.85. The van der Waals surface area contributed by atoms with Gasteiger partial charge in [0.25, 0.3) is 0 Å². The first-order valence-corrected chi connectivity index (χ1v) is 5.02. The Hall–Kier alpha value is -1.62. The van der Waals surface area contributed by atoms with Crippen LogP contribution in [0.2, 0.25) is 0 Å². The van der Waals surface area contributed by atoms with Crippen LogP contribution in [-0.4, -0.2) is 18.6 Å². The number of primary amides is 1. The van der Waals surface area contributed by atoms with Crippen molar-refractivity contribution in [3.05, 3.63) is 28.8 Å². The lowest BCUT2D eigenvalue weighted by atomic mass is 9.94. The third-order valence-corrected chi connectivity index (χ3v) is 2.66. The third-order valence-electron chi connectivity index (χ3n) is 2.66. The topological polar surface area (TPSA) is 78.3 Å². The Labute approximate surface area is 92.4 Å². The van der Waals surface area contributed by atoms with Gasteiger partial charge in [0.05, 0.1) is 0 Å². The lowest BCUT2D eigenvalue weighted by molar-refractivity contribution is 0.0997. The van der Waals surface area contributed by atoms with Crippen LogP contribution in [0.25, 0.3) is 0 Å². The first-order chi connectivity index (χ1) is 7.63. The smallest absolute Gasteiger partial charge is 0.249 e. The van der Waals surface area contributed by atoms with E-state index in [0.29, 0.717) is 35.5 Å². The summed E-state index contributed by atoms with van der Waals surface area (Å²) in [5.74, 6) is -0.111.